The molecule has 2 amide bonds. The van der Waals surface area contributed by atoms with Gasteiger partial charge in [-0.2, -0.15) is 13.2 Å². The first-order valence-corrected chi connectivity index (χ1v) is 9.98. The summed E-state index contributed by atoms with van der Waals surface area (Å²) in [4.78, 5) is 14.4. The number of carbonyl (C=O) groups excluding carboxylic acids is 1. The van der Waals surface area contributed by atoms with E-state index in [0.717, 1.165) is 23.4 Å². The molecule has 2 N–H and O–H groups in total. The van der Waals surface area contributed by atoms with Crippen molar-refractivity contribution >= 4 is 11.7 Å². The maximum Gasteiger partial charge on any atom is 0.416 e. The fourth-order valence-electron chi connectivity index (χ4n) is 3.40. The molecular formula is C22H26F3N3O3. The molecule has 1 heterocycles. The summed E-state index contributed by atoms with van der Waals surface area (Å²) in [5.41, 5.74) is 0.330. The molecule has 3 rings (SSSR count). The number of amides is 2. The first-order valence-electron chi connectivity index (χ1n) is 9.98. The van der Waals surface area contributed by atoms with Gasteiger partial charge in [-0.15, -0.1) is 0 Å². The molecule has 0 radical (unpaired) electrons. The fraction of sp³-hybridized carbons (Fsp3) is 0.409. The van der Waals surface area contributed by atoms with Gasteiger partial charge in [0.2, 0.25) is 0 Å². The second-order valence-electron chi connectivity index (χ2n) is 7.34. The fourth-order valence-corrected chi connectivity index (χ4v) is 3.40. The number of urea groups is 1. The number of nitrogens with zero attached hydrogens (tertiary/aromatic N) is 1. The minimum atomic E-state index is -4.47. The Morgan fingerprint density at radius 3 is 2.77 bits per heavy atom. The molecule has 0 aliphatic carbocycles. The first kappa shape index (κ1) is 22.9. The molecule has 2 aromatic carbocycles. The number of nitrogens with one attached hydrogen (secondary N) is 2. The minimum absolute atomic E-state index is 0.00500. The Hall–Kier alpha value is -2.78. The van der Waals surface area contributed by atoms with E-state index in [2.05, 4.69) is 10.6 Å². The van der Waals surface area contributed by atoms with Crippen LogP contribution in [0.1, 0.15) is 24.1 Å². The van der Waals surface area contributed by atoms with E-state index >= 15 is 0 Å². The summed E-state index contributed by atoms with van der Waals surface area (Å²) >= 11 is 0. The van der Waals surface area contributed by atoms with Crippen LogP contribution >= 0.6 is 0 Å². The molecule has 31 heavy (non-hydrogen) atoms. The van der Waals surface area contributed by atoms with Gasteiger partial charge >= 0.3 is 12.2 Å². The third kappa shape index (κ3) is 6.11. The van der Waals surface area contributed by atoms with E-state index < -0.39 is 17.8 Å². The number of ether oxygens (including phenoxy) is 2. The highest BCUT2D eigenvalue weighted by atomic mass is 19.4. The van der Waals surface area contributed by atoms with Crippen molar-refractivity contribution in [1.29, 1.82) is 0 Å². The van der Waals surface area contributed by atoms with Crippen LogP contribution in [0.15, 0.2) is 48.5 Å². The Bertz CT molecular complexity index is 892. The molecule has 0 saturated carbocycles. The van der Waals surface area contributed by atoms with Crippen molar-refractivity contribution in [2.45, 2.75) is 25.2 Å². The number of morpholine rings is 1. The van der Waals surface area contributed by atoms with E-state index in [9.17, 15) is 18.0 Å². The standard InChI is InChI=1S/C22H26F3N3O3/c1-15(16-5-3-8-20(11-16)30-2)26-13-19-14-31-10-9-28(19)21(29)27-18-7-4-6-17(12-18)22(23,24)25/h3-8,11-12,15,19,26H,9-10,13-14H2,1-2H3,(H,27,29)/t15-,19?/m1/s1. The van der Waals surface area contributed by atoms with Crippen LogP contribution in [-0.4, -0.2) is 50.4 Å². The predicted octanol–water partition coefficient (Wildman–Crippen LogP) is 4.30. The van der Waals surface area contributed by atoms with Gasteiger partial charge in [0.1, 0.15) is 5.75 Å². The number of alkyl halides is 3. The molecule has 0 spiro atoms. The molecule has 1 unspecified atom stereocenters. The maximum atomic E-state index is 12.9. The Labute approximate surface area is 179 Å². The summed E-state index contributed by atoms with van der Waals surface area (Å²) in [5.74, 6) is 0.759. The minimum Gasteiger partial charge on any atom is -0.497 e. The summed E-state index contributed by atoms with van der Waals surface area (Å²) in [6.45, 7) is 3.54. The summed E-state index contributed by atoms with van der Waals surface area (Å²) in [5, 5.41) is 5.97. The molecule has 1 aliphatic rings. The molecule has 2 aromatic rings. The Morgan fingerprint density at radius 2 is 2.03 bits per heavy atom. The normalized spacial score (nSPS) is 17.8. The lowest BCUT2D eigenvalue weighted by Gasteiger charge is -2.36. The van der Waals surface area contributed by atoms with Gasteiger partial charge in [0.25, 0.3) is 0 Å². The van der Waals surface area contributed by atoms with Crippen LogP contribution < -0.4 is 15.4 Å². The summed E-state index contributed by atoms with van der Waals surface area (Å²) in [7, 11) is 1.61. The molecule has 0 aromatic heterocycles. The van der Waals surface area contributed by atoms with E-state index in [4.69, 9.17) is 9.47 Å². The average Bonchev–Trinajstić information content (AvgIpc) is 2.77. The highest BCUT2D eigenvalue weighted by molar-refractivity contribution is 5.89. The van der Waals surface area contributed by atoms with E-state index in [1.165, 1.54) is 12.1 Å². The van der Waals surface area contributed by atoms with Crippen molar-refractivity contribution < 1.29 is 27.4 Å². The molecule has 1 fully saturated rings. The molecule has 9 heteroatoms. The summed E-state index contributed by atoms with van der Waals surface area (Å²) < 4.78 is 49.6. The lowest BCUT2D eigenvalue weighted by Crippen LogP contribution is -2.54. The number of methoxy groups -OCH3 is 1. The second-order valence-corrected chi connectivity index (χ2v) is 7.34. The van der Waals surface area contributed by atoms with Crippen LogP contribution in [0.3, 0.4) is 0 Å². The van der Waals surface area contributed by atoms with Crippen molar-refractivity contribution in [3.8, 4) is 5.75 Å². The molecule has 6 nitrogen and oxygen atoms in total. The zero-order valence-corrected chi connectivity index (χ0v) is 17.4. The number of hydrogen-bond donors (Lipinski definition) is 2. The lowest BCUT2D eigenvalue weighted by atomic mass is 10.1. The largest absolute Gasteiger partial charge is 0.497 e. The van der Waals surface area contributed by atoms with Crippen LogP contribution in [0.25, 0.3) is 0 Å². The van der Waals surface area contributed by atoms with Gasteiger partial charge in [-0.05, 0) is 42.8 Å². The van der Waals surface area contributed by atoms with Crippen LogP contribution in [0.4, 0.5) is 23.7 Å². The van der Waals surface area contributed by atoms with Crippen molar-refractivity contribution in [1.82, 2.24) is 10.2 Å². The third-order valence-corrected chi connectivity index (χ3v) is 5.18. The monoisotopic (exact) mass is 437 g/mol. The highest BCUT2D eigenvalue weighted by Crippen LogP contribution is 2.30. The van der Waals surface area contributed by atoms with Crippen LogP contribution in [0.5, 0.6) is 5.75 Å². The van der Waals surface area contributed by atoms with E-state index in [1.54, 1.807) is 12.0 Å². The Morgan fingerprint density at radius 1 is 1.26 bits per heavy atom. The molecule has 0 bridgehead atoms. The Balaban J connectivity index is 1.62. The highest BCUT2D eigenvalue weighted by Gasteiger charge is 2.31. The Kier molecular flexibility index (Phi) is 7.40. The average molecular weight is 437 g/mol. The molecule has 1 saturated heterocycles. The quantitative estimate of drug-likeness (QED) is 0.708. The lowest BCUT2D eigenvalue weighted by molar-refractivity contribution is -0.137. The third-order valence-electron chi connectivity index (χ3n) is 5.18. The summed E-state index contributed by atoms with van der Waals surface area (Å²) in [6, 6.07) is 11.6. The molecule has 168 valence electrons. The first-order chi connectivity index (χ1) is 14.8. The van der Waals surface area contributed by atoms with Gasteiger partial charge in [0.05, 0.1) is 31.9 Å². The zero-order valence-electron chi connectivity index (χ0n) is 17.4. The van der Waals surface area contributed by atoms with Crippen LogP contribution in [0.2, 0.25) is 0 Å². The van der Waals surface area contributed by atoms with Gasteiger partial charge in [-0.1, -0.05) is 18.2 Å². The number of rotatable bonds is 6. The zero-order chi connectivity index (χ0) is 22.4. The van der Waals surface area contributed by atoms with Crippen molar-refractivity contribution in [3.05, 3.63) is 59.7 Å². The smallest absolute Gasteiger partial charge is 0.416 e. The van der Waals surface area contributed by atoms with Crippen LogP contribution in [-0.2, 0) is 10.9 Å². The number of anilines is 1. The molecule has 1 aliphatic heterocycles. The van der Waals surface area contributed by atoms with Crippen molar-refractivity contribution in [3.63, 3.8) is 0 Å². The summed E-state index contributed by atoms with van der Waals surface area (Å²) in [6.07, 6.45) is -4.47. The number of benzene rings is 2. The number of carbonyl (C=O) groups is 1. The van der Waals surface area contributed by atoms with Gasteiger partial charge < -0.3 is 25.0 Å². The predicted molar refractivity (Wildman–Crippen MR) is 111 cm³/mol. The van der Waals surface area contributed by atoms with Gasteiger partial charge in [-0.25, -0.2) is 4.79 Å². The molecular weight excluding hydrogens is 411 g/mol. The van der Waals surface area contributed by atoms with Crippen molar-refractivity contribution in [2.24, 2.45) is 0 Å². The van der Waals surface area contributed by atoms with Gasteiger partial charge in [0, 0.05) is 24.8 Å². The maximum absolute atomic E-state index is 12.9. The topological polar surface area (TPSA) is 62.8 Å². The van der Waals surface area contributed by atoms with Gasteiger partial charge in [-0.3, -0.25) is 0 Å². The van der Waals surface area contributed by atoms with Crippen LogP contribution in [0, 0.1) is 0 Å². The molecule has 2 atom stereocenters. The van der Waals surface area contributed by atoms with Crippen molar-refractivity contribution in [2.75, 3.05) is 38.7 Å². The van der Waals surface area contributed by atoms with E-state index in [1.807, 2.05) is 31.2 Å². The van der Waals surface area contributed by atoms with E-state index in [0.29, 0.717) is 26.3 Å². The number of hydrogen-bond acceptors (Lipinski definition) is 4. The SMILES string of the molecule is COc1cccc([C@@H](C)NCC2COCCN2C(=O)Nc2cccc(C(F)(F)F)c2)c1. The van der Waals surface area contributed by atoms with E-state index in [-0.39, 0.29) is 17.8 Å². The van der Waals surface area contributed by atoms with Gasteiger partial charge in [0.15, 0.2) is 0 Å². The number of halogens is 3. The second kappa shape index (κ2) is 10.0.